The fourth-order valence-electron chi connectivity index (χ4n) is 2.28. The van der Waals surface area contributed by atoms with Gasteiger partial charge in [-0.15, -0.1) is 5.06 Å². The molecule has 1 atom stereocenters. The number of rotatable bonds is 13. The summed E-state index contributed by atoms with van der Waals surface area (Å²) < 4.78 is 10.6. The Bertz CT molecular complexity index is 599. The predicted octanol–water partition coefficient (Wildman–Crippen LogP) is -1.01. The molecule has 1 aliphatic heterocycles. The van der Waals surface area contributed by atoms with Crippen molar-refractivity contribution < 1.29 is 33.5 Å². The molecule has 0 spiro atoms. The zero-order chi connectivity index (χ0) is 21.8. The highest BCUT2D eigenvalue weighted by molar-refractivity contribution is 7.80. The van der Waals surface area contributed by atoms with Crippen molar-refractivity contribution in [1.29, 1.82) is 0 Å². The average Bonchev–Trinajstić information content (AvgIpc) is 2.96. The molecular weight excluding hydrogens is 404 g/mol. The maximum Gasteiger partial charge on any atom is 0.335 e. The molecule has 1 saturated heterocycles. The number of carbonyl (C=O) groups excluding carboxylic acids is 4. The minimum absolute atomic E-state index is 0.00857. The number of nitrogens with zero attached hydrogens (tertiary/aromatic N) is 1. The fraction of sp³-hybridized carbons (Fsp3) is 0.706. The molecule has 1 heterocycles. The monoisotopic (exact) mass is 432 g/mol. The summed E-state index contributed by atoms with van der Waals surface area (Å²) >= 11 is 5.09. The Morgan fingerprint density at radius 3 is 2.24 bits per heavy atom. The minimum atomic E-state index is -0.713. The van der Waals surface area contributed by atoms with Gasteiger partial charge in [-0.05, 0) is 18.1 Å². The van der Waals surface area contributed by atoms with Gasteiger partial charge in [0.25, 0.3) is 11.8 Å². The van der Waals surface area contributed by atoms with Gasteiger partial charge in [0.2, 0.25) is 5.91 Å². The lowest BCUT2D eigenvalue weighted by atomic mass is 10.0. The Morgan fingerprint density at radius 2 is 1.69 bits per heavy atom. The predicted molar refractivity (Wildman–Crippen MR) is 105 cm³/mol. The Morgan fingerprint density at radius 1 is 1.10 bits per heavy atom. The molecule has 29 heavy (non-hydrogen) atoms. The molecule has 164 valence electrons. The molecule has 0 radical (unpaired) electrons. The van der Waals surface area contributed by atoms with E-state index in [9.17, 15) is 19.2 Å². The summed E-state index contributed by atoms with van der Waals surface area (Å²) in [7, 11) is 0. The van der Waals surface area contributed by atoms with Crippen LogP contribution in [0.1, 0.15) is 33.1 Å². The van der Waals surface area contributed by atoms with Crippen molar-refractivity contribution in [3.05, 3.63) is 0 Å². The van der Waals surface area contributed by atoms with E-state index in [0.29, 0.717) is 29.9 Å². The summed E-state index contributed by atoms with van der Waals surface area (Å²) in [6, 6.07) is -0.544. The summed E-state index contributed by atoms with van der Waals surface area (Å²) in [5.74, 6) is -2.21. The lowest BCUT2D eigenvalue weighted by molar-refractivity contribution is -0.198. The quantitative estimate of drug-likeness (QED) is 0.188. The van der Waals surface area contributed by atoms with E-state index < -0.39 is 29.7 Å². The lowest BCUT2D eigenvalue weighted by Crippen LogP contribution is -2.51. The van der Waals surface area contributed by atoms with E-state index in [2.05, 4.69) is 10.6 Å². The van der Waals surface area contributed by atoms with Gasteiger partial charge in [0.1, 0.15) is 6.04 Å². The smallest absolute Gasteiger partial charge is 0.335 e. The minimum Gasteiger partial charge on any atom is -0.378 e. The number of imide groups is 1. The third-order valence-electron chi connectivity index (χ3n) is 3.81. The first-order valence-corrected chi connectivity index (χ1v) is 9.69. The molecule has 0 aliphatic carbocycles. The van der Waals surface area contributed by atoms with Crippen LogP contribution in [-0.2, 0) is 33.5 Å². The van der Waals surface area contributed by atoms with E-state index in [1.54, 1.807) is 0 Å². The Hall–Kier alpha value is -2.31. The van der Waals surface area contributed by atoms with Gasteiger partial charge in [0.05, 0.1) is 32.8 Å². The van der Waals surface area contributed by atoms with Crippen LogP contribution in [0.3, 0.4) is 0 Å². The number of hydrogen-bond donors (Lipinski definition) is 3. The number of nitrogens with one attached hydrogen (secondary N) is 2. The van der Waals surface area contributed by atoms with Gasteiger partial charge < -0.3 is 30.7 Å². The summed E-state index contributed by atoms with van der Waals surface area (Å²) in [6.45, 7) is 5.15. The van der Waals surface area contributed by atoms with Gasteiger partial charge in [0, 0.05) is 19.4 Å². The number of hydrogen-bond acceptors (Lipinski definition) is 8. The van der Waals surface area contributed by atoms with Crippen LogP contribution in [0.25, 0.3) is 0 Å². The molecule has 0 aromatic rings. The van der Waals surface area contributed by atoms with E-state index in [1.165, 1.54) is 0 Å². The van der Waals surface area contributed by atoms with Crippen LogP contribution >= 0.6 is 12.2 Å². The van der Waals surface area contributed by atoms with Gasteiger partial charge in [-0.1, -0.05) is 13.8 Å². The van der Waals surface area contributed by atoms with Gasteiger partial charge in [-0.25, -0.2) is 4.79 Å². The van der Waals surface area contributed by atoms with E-state index in [-0.39, 0.29) is 38.4 Å². The molecule has 1 aliphatic rings. The zero-order valence-corrected chi connectivity index (χ0v) is 17.4. The van der Waals surface area contributed by atoms with Crippen molar-refractivity contribution in [2.24, 2.45) is 11.7 Å². The van der Waals surface area contributed by atoms with Gasteiger partial charge in [-0.2, -0.15) is 0 Å². The van der Waals surface area contributed by atoms with Crippen LogP contribution in [0.5, 0.6) is 0 Å². The van der Waals surface area contributed by atoms with Crippen LogP contribution in [0.2, 0.25) is 0 Å². The number of hydroxylamine groups is 2. The normalized spacial score (nSPS) is 14.8. The largest absolute Gasteiger partial charge is 0.378 e. The molecule has 3 amide bonds. The zero-order valence-electron chi connectivity index (χ0n) is 16.6. The van der Waals surface area contributed by atoms with Crippen molar-refractivity contribution in [2.75, 3.05) is 33.0 Å². The number of primary amides is 1. The van der Waals surface area contributed by atoms with Crippen LogP contribution in [-0.4, -0.2) is 72.9 Å². The van der Waals surface area contributed by atoms with Crippen molar-refractivity contribution in [3.63, 3.8) is 0 Å². The second-order valence-corrected chi connectivity index (χ2v) is 6.95. The van der Waals surface area contributed by atoms with Gasteiger partial charge in [-0.3, -0.25) is 14.4 Å². The molecule has 12 heteroatoms. The van der Waals surface area contributed by atoms with E-state index in [1.807, 2.05) is 13.8 Å². The average molecular weight is 432 g/mol. The third kappa shape index (κ3) is 9.63. The van der Waals surface area contributed by atoms with Crippen molar-refractivity contribution in [2.45, 2.75) is 39.2 Å². The SMILES string of the molecule is CC(C)[C@H](NC(=S)NCCOCCOCCC(=O)ON1C(=O)CCC1=O)C(N)=O. The van der Waals surface area contributed by atoms with Crippen molar-refractivity contribution in [3.8, 4) is 0 Å². The van der Waals surface area contributed by atoms with Crippen LogP contribution in [0.15, 0.2) is 0 Å². The molecule has 1 rings (SSSR count). The summed E-state index contributed by atoms with van der Waals surface area (Å²) in [6.07, 6.45) is 0.0214. The number of ether oxygens (including phenoxy) is 2. The van der Waals surface area contributed by atoms with Crippen molar-refractivity contribution in [1.82, 2.24) is 15.7 Å². The van der Waals surface area contributed by atoms with Crippen LogP contribution < -0.4 is 16.4 Å². The number of nitrogens with two attached hydrogens (primary N) is 1. The van der Waals surface area contributed by atoms with Gasteiger partial charge in [0.15, 0.2) is 5.11 Å². The molecule has 4 N–H and O–H groups in total. The first-order valence-electron chi connectivity index (χ1n) is 9.28. The molecule has 11 nitrogen and oxygen atoms in total. The first kappa shape index (κ1) is 24.7. The standard InChI is InChI=1S/C17H28N4O7S/c1-11(2)15(16(18)25)20-17(29)19-6-8-27-10-9-26-7-5-14(24)28-21-12(22)3-4-13(21)23/h11,15H,3-10H2,1-2H3,(H2,18,25)(H2,19,20,29)/t15-/m0/s1. The fourth-order valence-corrected chi connectivity index (χ4v) is 2.51. The Kier molecular flexibility index (Phi) is 11.1. The Balaban J connectivity index is 2.00. The second-order valence-electron chi connectivity index (χ2n) is 6.54. The molecule has 1 fully saturated rings. The molecular formula is C17H28N4O7S. The molecule has 0 aromatic heterocycles. The summed E-state index contributed by atoms with van der Waals surface area (Å²) in [5.41, 5.74) is 5.30. The Labute approximate surface area is 174 Å². The maximum atomic E-state index is 11.6. The highest BCUT2D eigenvalue weighted by atomic mass is 32.1. The molecule has 0 saturated carbocycles. The summed E-state index contributed by atoms with van der Waals surface area (Å²) in [5, 5.41) is 6.58. The first-order chi connectivity index (χ1) is 13.7. The lowest BCUT2D eigenvalue weighted by Gasteiger charge is -2.21. The van der Waals surface area contributed by atoms with Gasteiger partial charge >= 0.3 is 5.97 Å². The maximum absolute atomic E-state index is 11.6. The molecule has 0 aromatic carbocycles. The number of thiocarbonyl (C=S) groups is 1. The van der Waals surface area contributed by atoms with E-state index in [0.717, 1.165) is 0 Å². The third-order valence-corrected chi connectivity index (χ3v) is 4.08. The summed E-state index contributed by atoms with van der Waals surface area (Å²) in [4.78, 5) is 50.2. The second kappa shape index (κ2) is 13.0. The van der Waals surface area contributed by atoms with Crippen LogP contribution in [0, 0.1) is 5.92 Å². The number of amides is 3. The van der Waals surface area contributed by atoms with Crippen molar-refractivity contribution >= 4 is 41.0 Å². The highest BCUT2D eigenvalue weighted by Crippen LogP contribution is 2.12. The topological polar surface area (TPSA) is 149 Å². The van der Waals surface area contributed by atoms with E-state index >= 15 is 0 Å². The molecule has 0 unspecified atom stereocenters. The number of carbonyl (C=O) groups is 4. The van der Waals surface area contributed by atoms with E-state index in [4.69, 9.17) is 32.3 Å². The molecule has 0 bridgehead atoms. The van der Waals surface area contributed by atoms with Crippen LogP contribution in [0.4, 0.5) is 0 Å². The highest BCUT2D eigenvalue weighted by Gasteiger charge is 2.32.